The Kier molecular flexibility index (Phi) is 12.8. The summed E-state index contributed by atoms with van der Waals surface area (Å²) < 4.78 is 21.2. The van der Waals surface area contributed by atoms with Crippen molar-refractivity contribution in [2.24, 2.45) is 0 Å². The molecule has 3 atom stereocenters. The van der Waals surface area contributed by atoms with Gasteiger partial charge in [-0.3, -0.25) is 19.2 Å². The minimum absolute atomic E-state index is 0.0368. The third kappa shape index (κ3) is 10.3. The molecule has 51 heavy (non-hydrogen) atoms. The summed E-state index contributed by atoms with van der Waals surface area (Å²) in [4.78, 5) is 86.5. The maximum atomic E-state index is 13.8. The van der Waals surface area contributed by atoms with Crippen LogP contribution in [-0.4, -0.2) is 137 Å². The van der Waals surface area contributed by atoms with Crippen LogP contribution >= 0.6 is 0 Å². The zero-order valence-electron chi connectivity index (χ0n) is 29.9. The van der Waals surface area contributed by atoms with Crippen LogP contribution in [0.15, 0.2) is 24.3 Å². The van der Waals surface area contributed by atoms with E-state index < -0.39 is 66.1 Å². The molecule has 278 valence electrons. The number of carbonyl (C=O) groups is 6. The van der Waals surface area contributed by atoms with Crippen LogP contribution in [0.25, 0.3) is 10.9 Å². The van der Waals surface area contributed by atoms with E-state index in [1.165, 1.54) is 27.9 Å². The van der Waals surface area contributed by atoms with E-state index in [0.29, 0.717) is 10.9 Å². The van der Waals surface area contributed by atoms with Gasteiger partial charge in [0, 0.05) is 57.0 Å². The highest BCUT2D eigenvalue weighted by Gasteiger charge is 2.40. The molecule has 2 fully saturated rings. The Bertz CT molecular complexity index is 1630. The Morgan fingerprint density at radius 1 is 1.04 bits per heavy atom. The number of nitrogens with one attached hydrogen (secondary N) is 1. The van der Waals surface area contributed by atoms with Crippen molar-refractivity contribution in [1.29, 1.82) is 0 Å². The third-order valence-electron chi connectivity index (χ3n) is 8.36. The van der Waals surface area contributed by atoms with Gasteiger partial charge in [0.25, 0.3) is 11.8 Å². The lowest BCUT2D eigenvalue weighted by atomic mass is 10.1. The number of benzene rings is 1. The van der Waals surface area contributed by atoms with E-state index in [4.69, 9.17) is 18.9 Å². The summed E-state index contributed by atoms with van der Waals surface area (Å²) in [6.07, 6.45) is -1.56. The van der Waals surface area contributed by atoms with Gasteiger partial charge in [0.15, 0.2) is 6.61 Å². The predicted octanol–water partition coefficient (Wildman–Crippen LogP) is 1.58. The van der Waals surface area contributed by atoms with Gasteiger partial charge in [0.1, 0.15) is 29.1 Å². The monoisotopic (exact) mass is 713 g/mol. The highest BCUT2D eigenvalue weighted by atomic mass is 16.6. The van der Waals surface area contributed by atoms with Crippen molar-refractivity contribution in [3.05, 3.63) is 35.5 Å². The number of aliphatic hydroxyl groups is 1. The molecule has 2 saturated heterocycles. The Morgan fingerprint density at radius 2 is 1.73 bits per heavy atom. The van der Waals surface area contributed by atoms with Gasteiger partial charge in [-0.1, -0.05) is 6.07 Å². The first kappa shape index (κ1) is 38.8. The molecule has 2 unspecified atom stereocenters. The number of hydrogen-bond acceptors (Lipinski definition) is 12. The standard InChI is InChI=1S/C35H47N5O11/c1-7-49-34(47)39-14-12-38(13-15-39)32(45)24(10-11-30(43)51-35(3,4)5)37-31(44)26-18-28(23-9-8-21(2)16-25(23)36-26)50-20-29(42)40-19-22(41)17-27(40)33(46)48-6/h8-9,16,18,22,24,27,41H,7,10-15,17,19-20H2,1-6H3,(H,37,44)/t22-,24?,27?/m0/s1. The zero-order chi connectivity index (χ0) is 37.5. The molecule has 16 heteroatoms. The SMILES string of the molecule is CCOC(=O)N1CCN(C(=O)C(CCC(=O)OC(C)(C)C)NC(=O)c2cc(OCC(=O)N3C[C@@H](O)CC3C(=O)OC)c3ccc(C)cc3n2)CC1. The first-order valence-corrected chi connectivity index (χ1v) is 16.9. The van der Waals surface area contributed by atoms with Gasteiger partial charge in [0.2, 0.25) is 5.91 Å². The van der Waals surface area contributed by atoms with Gasteiger partial charge < -0.3 is 44.1 Å². The summed E-state index contributed by atoms with van der Waals surface area (Å²) in [7, 11) is 1.20. The number of pyridine rings is 1. The Labute approximate surface area is 296 Å². The lowest BCUT2D eigenvalue weighted by Gasteiger charge is -2.36. The minimum atomic E-state index is -1.14. The summed E-state index contributed by atoms with van der Waals surface area (Å²) >= 11 is 0. The Balaban J connectivity index is 1.55. The van der Waals surface area contributed by atoms with E-state index in [1.807, 2.05) is 13.0 Å². The molecule has 1 aromatic heterocycles. The number of fused-ring (bicyclic) bond motifs is 1. The van der Waals surface area contributed by atoms with Crippen LogP contribution in [0.2, 0.25) is 0 Å². The molecule has 4 amide bonds. The summed E-state index contributed by atoms with van der Waals surface area (Å²) in [6, 6.07) is 4.54. The van der Waals surface area contributed by atoms with Crippen molar-refractivity contribution in [2.75, 3.05) is 53.0 Å². The molecule has 1 aromatic carbocycles. The number of nitrogens with zero attached hydrogens (tertiary/aromatic N) is 4. The summed E-state index contributed by atoms with van der Waals surface area (Å²) in [6.45, 7) is 9.24. The number of ether oxygens (including phenoxy) is 4. The molecule has 2 aliphatic rings. The van der Waals surface area contributed by atoms with Crippen LogP contribution in [0.1, 0.15) is 63.0 Å². The number of rotatable bonds is 11. The van der Waals surface area contributed by atoms with Crippen LogP contribution in [0.3, 0.4) is 0 Å². The lowest BCUT2D eigenvalue weighted by Crippen LogP contribution is -2.56. The smallest absolute Gasteiger partial charge is 0.409 e. The fourth-order valence-electron chi connectivity index (χ4n) is 5.90. The second-order valence-electron chi connectivity index (χ2n) is 13.5. The number of aryl methyl sites for hydroxylation is 1. The van der Waals surface area contributed by atoms with Gasteiger partial charge in [-0.15, -0.1) is 0 Å². The Morgan fingerprint density at radius 3 is 2.37 bits per heavy atom. The number of amides is 4. The molecule has 16 nitrogen and oxygen atoms in total. The predicted molar refractivity (Wildman–Crippen MR) is 182 cm³/mol. The number of methoxy groups -OCH3 is 1. The van der Waals surface area contributed by atoms with Gasteiger partial charge in [-0.25, -0.2) is 14.6 Å². The normalized spacial score (nSPS) is 18.2. The average molecular weight is 714 g/mol. The average Bonchev–Trinajstić information content (AvgIpc) is 3.48. The highest BCUT2D eigenvalue weighted by molar-refractivity contribution is 5.99. The van der Waals surface area contributed by atoms with E-state index in [0.717, 1.165) is 5.56 Å². The number of β-amino-alcohol motifs (C(OH)–C–C–N with tert-alkyl or cyclic N) is 1. The van der Waals surface area contributed by atoms with E-state index in [1.54, 1.807) is 39.8 Å². The number of aromatic nitrogens is 1. The fraction of sp³-hybridized carbons (Fsp3) is 0.571. The number of likely N-dealkylation sites (tertiary alicyclic amines) is 1. The summed E-state index contributed by atoms with van der Waals surface area (Å²) in [5.41, 5.74) is 0.375. The molecule has 2 N–H and O–H groups in total. The quantitative estimate of drug-likeness (QED) is 0.253. The molecule has 0 aliphatic carbocycles. The number of piperazine rings is 1. The maximum Gasteiger partial charge on any atom is 0.409 e. The van der Waals surface area contributed by atoms with Crippen LogP contribution < -0.4 is 10.1 Å². The molecule has 3 heterocycles. The summed E-state index contributed by atoms with van der Waals surface area (Å²) in [5.74, 6) is -2.78. The first-order valence-electron chi connectivity index (χ1n) is 16.9. The molecule has 2 aliphatic heterocycles. The second-order valence-corrected chi connectivity index (χ2v) is 13.5. The largest absolute Gasteiger partial charge is 0.483 e. The molecular formula is C35H47N5O11. The second kappa shape index (κ2) is 16.8. The van der Waals surface area contributed by atoms with E-state index >= 15 is 0 Å². The molecule has 0 saturated carbocycles. The van der Waals surface area contributed by atoms with Crippen LogP contribution in [0.4, 0.5) is 4.79 Å². The van der Waals surface area contributed by atoms with Crippen molar-refractivity contribution >= 4 is 46.7 Å². The summed E-state index contributed by atoms with van der Waals surface area (Å²) in [5, 5.41) is 13.4. The number of hydrogen-bond donors (Lipinski definition) is 2. The van der Waals surface area contributed by atoms with Gasteiger partial charge >= 0.3 is 18.0 Å². The van der Waals surface area contributed by atoms with Crippen molar-refractivity contribution in [3.63, 3.8) is 0 Å². The topological polar surface area (TPSA) is 194 Å². The highest BCUT2D eigenvalue weighted by Crippen LogP contribution is 2.28. The molecular weight excluding hydrogens is 666 g/mol. The molecule has 0 radical (unpaired) electrons. The van der Waals surface area contributed by atoms with Gasteiger partial charge in [0.05, 0.1) is 25.3 Å². The lowest BCUT2D eigenvalue weighted by molar-refractivity contribution is -0.155. The van der Waals surface area contributed by atoms with Crippen LogP contribution in [-0.2, 0) is 33.4 Å². The minimum Gasteiger partial charge on any atom is -0.483 e. The Hall–Kier alpha value is -4.99. The number of aliphatic hydroxyl groups excluding tert-OH is 1. The molecule has 0 spiro atoms. The number of carbonyl (C=O) groups excluding carboxylic acids is 6. The molecule has 4 rings (SSSR count). The number of esters is 2. The van der Waals surface area contributed by atoms with Crippen LogP contribution in [0.5, 0.6) is 5.75 Å². The molecule has 2 aromatic rings. The van der Waals surface area contributed by atoms with Crippen molar-refractivity contribution in [2.45, 2.75) is 77.7 Å². The van der Waals surface area contributed by atoms with E-state index in [9.17, 15) is 33.9 Å². The van der Waals surface area contributed by atoms with Gasteiger partial charge in [-0.05, 0) is 58.7 Å². The van der Waals surface area contributed by atoms with Crippen LogP contribution in [0, 0.1) is 6.92 Å². The zero-order valence-corrected chi connectivity index (χ0v) is 29.9. The third-order valence-corrected chi connectivity index (χ3v) is 8.36. The van der Waals surface area contributed by atoms with Crippen molar-refractivity contribution < 1.29 is 52.8 Å². The van der Waals surface area contributed by atoms with E-state index in [-0.39, 0.29) is 70.0 Å². The van der Waals surface area contributed by atoms with Crippen molar-refractivity contribution in [3.8, 4) is 5.75 Å². The van der Waals surface area contributed by atoms with E-state index in [2.05, 4.69) is 10.3 Å². The molecule has 0 bridgehead atoms. The maximum absolute atomic E-state index is 13.8. The van der Waals surface area contributed by atoms with Gasteiger partial charge in [-0.2, -0.15) is 0 Å². The first-order chi connectivity index (χ1) is 24.1. The fourth-order valence-corrected chi connectivity index (χ4v) is 5.90. The van der Waals surface area contributed by atoms with Crippen molar-refractivity contribution in [1.82, 2.24) is 25.0 Å².